The first-order valence-corrected chi connectivity index (χ1v) is 10.4. The Bertz CT molecular complexity index is 1030. The third kappa shape index (κ3) is 3.27. The number of rotatable bonds is 2. The molecular formula is C21H24FN5O3. The molecule has 5 rings (SSSR count). The number of fused-ring (bicyclic) bond motifs is 2. The van der Waals surface area contributed by atoms with E-state index in [2.05, 4.69) is 14.9 Å². The number of nitrogens with one attached hydrogen (secondary N) is 1. The lowest BCUT2D eigenvalue weighted by molar-refractivity contribution is 0.0662. The summed E-state index contributed by atoms with van der Waals surface area (Å²) in [6.07, 6.45) is 5.56. The van der Waals surface area contributed by atoms with Crippen LogP contribution in [0.2, 0.25) is 0 Å². The van der Waals surface area contributed by atoms with Crippen LogP contribution in [0.1, 0.15) is 40.9 Å². The van der Waals surface area contributed by atoms with Gasteiger partial charge in [-0.2, -0.15) is 0 Å². The second-order valence-electron chi connectivity index (χ2n) is 8.28. The lowest BCUT2D eigenvalue weighted by Crippen LogP contribution is -2.45. The Kier molecular flexibility index (Phi) is 4.77. The van der Waals surface area contributed by atoms with Gasteiger partial charge in [-0.05, 0) is 31.7 Å². The molecule has 0 saturated carbocycles. The molecule has 1 amide bonds. The number of amides is 1. The van der Waals surface area contributed by atoms with E-state index in [0.717, 1.165) is 36.7 Å². The molecule has 9 heteroatoms. The predicted molar refractivity (Wildman–Crippen MR) is 107 cm³/mol. The summed E-state index contributed by atoms with van der Waals surface area (Å²) in [7, 11) is 0. The Morgan fingerprint density at radius 2 is 1.90 bits per heavy atom. The van der Waals surface area contributed by atoms with Gasteiger partial charge in [0.05, 0.1) is 30.7 Å². The highest BCUT2D eigenvalue weighted by Crippen LogP contribution is 2.44. The van der Waals surface area contributed by atoms with Crippen molar-refractivity contribution >= 4 is 11.9 Å². The number of anilines is 1. The van der Waals surface area contributed by atoms with Crippen LogP contribution in [0.25, 0.3) is 0 Å². The number of hydrogen-bond acceptors (Lipinski definition) is 6. The van der Waals surface area contributed by atoms with Crippen LogP contribution in [0.15, 0.2) is 23.3 Å². The van der Waals surface area contributed by atoms with Crippen LogP contribution in [0.3, 0.4) is 0 Å². The van der Waals surface area contributed by atoms with Gasteiger partial charge in [0.1, 0.15) is 5.82 Å². The second-order valence-corrected chi connectivity index (χ2v) is 8.28. The summed E-state index contributed by atoms with van der Waals surface area (Å²) in [4.78, 5) is 40.9. The molecule has 0 atom stereocenters. The van der Waals surface area contributed by atoms with Crippen LogP contribution in [0.5, 0.6) is 0 Å². The largest absolute Gasteiger partial charge is 0.378 e. The molecule has 1 spiro atoms. The minimum atomic E-state index is -0.516. The van der Waals surface area contributed by atoms with Gasteiger partial charge in [0, 0.05) is 43.4 Å². The number of piperidine rings is 1. The number of aromatic amines is 1. The van der Waals surface area contributed by atoms with Crippen LogP contribution in [-0.4, -0.2) is 65.2 Å². The smallest absolute Gasteiger partial charge is 0.255 e. The average molecular weight is 413 g/mol. The minimum absolute atomic E-state index is 0.0530. The van der Waals surface area contributed by atoms with Gasteiger partial charge in [-0.15, -0.1) is 0 Å². The van der Waals surface area contributed by atoms with Gasteiger partial charge in [-0.1, -0.05) is 0 Å². The molecule has 2 aromatic rings. The Morgan fingerprint density at radius 1 is 1.13 bits per heavy atom. The number of pyridine rings is 1. The van der Waals surface area contributed by atoms with Crippen molar-refractivity contribution < 1.29 is 13.9 Å². The summed E-state index contributed by atoms with van der Waals surface area (Å²) in [6, 6.07) is 1.22. The van der Waals surface area contributed by atoms with Crippen molar-refractivity contribution in [2.24, 2.45) is 0 Å². The molecule has 1 N–H and O–H groups in total. The first-order chi connectivity index (χ1) is 14.6. The predicted octanol–water partition coefficient (Wildman–Crippen LogP) is 1.26. The van der Waals surface area contributed by atoms with Gasteiger partial charge in [0.2, 0.25) is 5.95 Å². The number of aromatic nitrogens is 3. The molecule has 30 heavy (non-hydrogen) atoms. The second kappa shape index (κ2) is 7.46. The maximum absolute atomic E-state index is 13.4. The fraction of sp³-hybridized carbons (Fsp3) is 0.524. The lowest BCUT2D eigenvalue weighted by atomic mass is 9.76. The molecule has 0 aromatic carbocycles. The van der Waals surface area contributed by atoms with E-state index in [1.54, 1.807) is 4.90 Å². The van der Waals surface area contributed by atoms with Gasteiger partial charge in [0.15, 0.2) is 0 Å². The third-order valence-electron chi connectivity index (χ3n) is 6.63. The third-order valence-corrected chi connectivity index (χ3v) is 6.63. The Balaban J connectivity index is 1.37. The topological polar surface area (TPSA) is 91.4 Å². The Morgan fingerprint density at radius 3 is 2.63 bits per heavy atom. The van der Waals surface area contributed by atoms with Crippen molar-refractivity contribution in [3.63, 3.8) is 0 Å². The average Bonchev–Trinajstić information content (AvgIpc) is 3.13. The van der Waals surface area contributed by atoms with Crippen molar-refractivity contribution in [3.8, 4) is 0 Å². The van der Waals surface area contributed by atoms with E-state index in [1.807, 2.05) is 0 Å². The molecule has 2 saturated heterocycles. The Labute approximate surface area is 173 Å². The van der Waals surface area contributed by atoms with Crippen LogP contribution in [0.4, 0.5) is 10.3 Å². The fourth-order valence-corrected chi connectivity index (χ4v) is 4.90. The van der Waals surface area contributed by atoms with Gasteiger partial charge in [-0.25, -0.2) is 9.37 Å². The summed E-state index contributed by atoms with van der Waals surface area (Å²) in [6.45, 7) is 3.76. The van der Waals surface area contributed by atoms with Crippen LogP contribution in [0, 0.1) is 5.82 Å². The van der Waals surface area contributed by atoms with Crippen LogP contribution in [-0.2, 0) is 16.6 Å². The van der Waals surface area contributed by atoms with Crippen LogP contribution < -0.4 is 10.5 Å². The molecule has 1 aliphatic carbocycles. The van der Waals surface area contributed by atoms with Crippen molar-refractivity contribution in [1.29, 1.82) is 0 Å². The number of likely N-dealkylation sites (tertiary alicyclic amines) is 1. The zero-order valence-electron chi connectivity index (χ0n) is 16.7. The van der Waals surface area contributed by atoms with Gasteiger partial charge < -0.3 is 14.5 Å². The molecule has 3 aliphatic rings. The number of carbonyl (C=O) groups is 1. The zero-order chi connectivity index (χ0) is 20.7. The van der Waals surface area contributed by atoms with E-state index < -0.39 is 5.82 Å². The quantitative estimate of drug-likeness (QED) is 0.797. The van der Waals surface area contributed by atoms with Crippen molar-refractivity contribution in [1.82, 2.24) is 19.9 Å². The molecule has 0 unspecified atom stereocenters. The molecule has 0 bridgehead atoms. The molecule has 2 aliphatic heterocycles. The first kappa shape index (κ1) is 19.2. The number of ether oxygens (including phenoxy) is 1. The van der Waals surface area contributed by atoms with Gasteiger partial charge >= 0.3 is 0 Å². The molecule has 2 aromatic heterocycles. The normalized spacial score (nSPS) is 20.4. The monoisotopic (exact) mass is 413 g/mol. The van der Waals surface area contributed by atoms with E-state index in [9.17, 15) is 14.0 Å². The summed E-state index contributed by atoms with van der Waals surface area (Å²) in [5, 5.41) is 0. The van der Waals surface area contributed by atoms with E-state index in [-0.39, 0.29) is 22.4 Å². The molecule has 8 nitrogen and oxygen atoms in total. The fourth-order valence-electron chi connectivity index (χ4n) is 4.90. The molecular weight excluding hydrogens is 389 g/mol. The number of nitrogens with zero attached hydrogens (tertiary/aromatic N) is 4. The van der Waals surface area contributed by atoms with Crippen molar-refractivity contribution in [2.75, 3.05) is 44.3 Å². The number of hydrogen-bond donors (Lipinski definition) is 1. The van der Waals surface area contributed by atoms with E-state index in [1.165, 1.54) is 12.3 Å². The summed E-state index contributed by atoms with van der Waals surface area (Å²) >= 11 is 0. The number of carbonyl (C=O) groups excluding carboxylic acids is 1. The standard InChI is InChI=1S/C21H24FN5O3/c22-15-11-14(12-23-13-15)19(29)26-5-3-21(4-6-26)2-1-16-17(21)24-20(25-18(16)28)27-7-9-30-10-8-27/h11-13H,1-10H2,(H,24,25,28). The summed E-state index contributed by atoms with van der Waals surface area (Å²) in [5.41, 5.74) is 1.71. The first-order valence-electron chi connectivity index (χ1n) is 10.4. The highest BCUT2D eigenvalue weighted by Gasteiger charge is 2.45. The molecule has 4 heterocycles. The van der Waals surface area contributed by atoms with Crippen molar-refractivity contribution in [2.45, 2.75) is 31.1 Å². The minimum Gasteiger partial charge on any atom is -0.378 e. The number of halogens is 1. The molecule has 158 valence electrons. The summed E-state index contributed by atoms with van der Waals surface area (Å²) in [5.74, 6) is -0.103. The van der Waals surface area contributed by atoms with Gasteiger partial charge in [0.25, 0.3) is 11.5 Å². The summed E-state index contributed by atoms with van der Waals surface area (Å²) < 4.78 is 18.8. The maximum atomic E-state index is 13.4. The lowest BCUT2D eigenvalue weighted by Gasteiger charge is -2.39. The zero-order valence-corrected chi connectivity index (χ0v) is 16.7. The van der Waals surface area contributed by atoms with Gasteiger partial charge in [-0.3, -0.25) is 19.6 Å². The van der Waals surface area contributed by atoms with E-state index in [0.29, 0.717) is 51.8 Å². The molecule has 0 radical (unpaired) electrons. The number of morpholine rings is 1. The SMILES string of the molecule is O=C(c1cncc(F)c1)N1CCC2(CCc3c2nc(N2CCOCC2)[nH]c3=O)CC1. The Hall–Kier alpha value is -2.81. The van der Waals surface area contributed by atoms with E-state index >= 15 is 0 Å². The van der Waals surface area contributed by atoms with E-state index in [4.69, 9.17) is 9.72 Å². The maximum Gasteiger partial charge on any atom is 0.255 e. The van der Waals surface area contributed by atoms with Crippen LogP contribution >= 0.6 is 0 Å². The number of H-pyrrole nitrogens is 1. The highest BCUT2D eigenvalue weighted by atomic mass is 19.1. The highest BCUT2D eigenvalue weighted by molar-refractivity contribution is 5.94. The van der Waals surface area contributed by atoms with Crippen molar-refractivity contribution in [3.05, 3.63) is 51.5 Å². The molecule has 2 fully saturated rings.